The largest absolute Gasteiger partial charge is 0.0985 e. The van der Waals surface area contributed by atoms with Gasteiger partial charge in [0.05, 0.1) is 0 Å². The zero-order valence-electron chi connectivity index (χ0n) is 8.02. The minimum absolute atomic E-state index is 0.595. The van der Waals surface area contributed by atoms with E-state index in [-0.39, 0.29) is 0 Å². The lowest BCUT2D eigenvalue weighted by atomic mass is 10.0. The molecule has 0 aromatic carbocycles. The highest BCUT2D eigenvalue weighted by Crippen LogP contribution is 2.12. The molecule has 0 N–H and O–H groups in total. The van der Waals surface area contributed by atoms with Gasteiger partial charge >= 0.3 is 0 Å². The highest BCUT2D eigenvalue weighted by molar-refractivity contribution is 5.37. The molecule has 0 radical (unpaired) electrons. The summed E-state index contributed by atoms with van der Waals surface area (Å²) in [5, 5.41) is 0. The molecule has 0 rings (SSSR count). The van der Waals surface area contributed by atoms with Gasteiger partial charge in [-0.2, -0.15) is 0 Å². The second-order valence-corrected chi connectivity index (χ2v) is 3.04. The van der Waals surface area contributed by atoms with Gasteiger partial charge in [0.25, 0.3) is 0 Å². The molecule has 0 aromatic heterocycles. The van der Waals surface area contributed by atoms with E-state index in [1.807, 2.05) is 13.0 Å². The molecule has 11 heavy (non-hydrogen) atoms. The summed E-state index contributed by atoms with van der Waals surface area (Å²) < 4.78 is 0. The molecule has 0 aliphatic rings. The molecule has 62 valence electrons. The average molecular weight is 150 g/mol. The van der Waals surface area contributed by atoms with Gasteiger partial charge in [0.1, 0.15) is 0 Å². The van der Waals surface area contributed by atoms with Crippen molar-refractivity contribution in [3.05, 3.63) is 36.0 Å². The first kappa shape index (κ1) is 10.2. The van der Waals surface area contributed by atoms with Gasteiger partial charge in [-0.25, -0.2) is 0 Å². The van der Waals surface area contributed by atoms with Crippen LogP contribution in [0.2, 0.25) is 0 Å². The van der Waals surface area contributed by atoms with E-state index in [9.17, 15) is 0 Å². The van der Waals surface area contributed by atoms with Crippen molar-refractivity contribution in [1.82, 2.24) is 0 Å². The Bertz CT molecular complexity index is 180. The maximum absolute atomic E-state index is 3.77. The molecule has 0 bridgehead atoms. The minimum Gasteiger partial charge on any atom is -0.0985 e. The third-order valence-corrected chi connectivity index (χ3v) is 1.62. The lowest BCUT2D eigenvalue weighted by Gasteiger charge is -2.03. The first-order valence-corrected chi connectivity index (χ1v) is 4.09. The summed E-state index contributed by atoms with van der Waals surface area (Å²) in [5.74, 6) is 0.595. The molecular formula is C11H18. The van der Waals surface area contributed by atoms with Crippen molar-refractivity contribution >= 4 is 0 Å². The summed E-state index contributed by atoms with van der Waals surface area (Å²) in [6, 6.07) is 0. The molecule has 0 spiro atoms. The lowest BCUT2D eigenvalue weighted by molar-refractivity contribution is 0.826. The smallest absolute Gasteiger partial charge is 0.0274 e. The molecule has 0 atom stereocenters. The predicted octanol–water partition coefficient (Wildman–Crippen LogP) is 3.72. The van der Waals surface area contributed by atoms with Crippen LogP contribution in [0.15, 0.2) is 36.0 Å². The Hall–Kier alpha value is -0.780. The number of hydrogen-bond acceptors (Lipinski definition) is 0. The standard InChI is InChI=1S/C11H18/c1-6-10(5)11(7-2)8-9(3)4/h6-9H,2H2,1,3-5H3/b10-6+,11-8+. The van der Waals surface area contributed by atoms with Crippen molar-refractivity contribution in [3.8, 4) is 0 Å². The third-order valence-electron chi connectivity index (χ3n) is 1.62. The highest BCUT2D eigenvalue weighted by Gasteiger charge is 1.94. The minimum atomic E-state index is 0.595. The van der Waals surface area contributed by atoms with Crippen LogP contribution in [-0.2, 0) is 0 Å². The Kier molecular flexibility index (Phi) is 4.60. The van der Waals surface area contributed by atoms with Gasteiger partial charge < -0.3 is 0 Å². The zero-order valence-corrected chi connectivity index (χ0v) is 8.02. The number of allylic oxidation sites excluding steroid dienone is 5. The van der Waals surface area contributed by atoms with Gasteiger partial charge in [-0.15, -0.1) is 0 Å². The van der Waals surface area contributed by atoms with Gasteiger partial charge in [-0.3, -0.25) is 0 Å². The van der Waals surface area contributed by atoms with Crippen molar-refractivity contribution in [1.29, 1.82) is 0 Å². The quantitative estimate of drug-likeness (QED) is 0.538. The van der Waals surface area contributed by atoms with Gasteiger partial charge in [0.15, 0.2) is 0 Å². The van der Waals surface area contributed by atoms with E-state index in [0.29, 0.717) is 5.92 Å². The van der Waals surface area contributed by atoms with Crippen molar-refractivity contribution < 1.29 is 0 Å². The van der Waals surface area contributed by atoms with Crippen molar-refractivity contribution in [2.24, 2.45) is 5.92 Å². The maximum atomic E-state index is 3.77. The number of rotatable bonds is 3. The third kappa shape index (κ3) is 3.82. The topological polar surface area (TPSA) is 0 Å². The SMILES string of the molecule is C=CC(=C\C(C)C)/C(C)=C/C. The molecular weight excluding hydrogens is 132 g/mol. The van der Waals surface area contributed by atoms with Crippen LogP contribution in [0.4, 0.5) is 0 Å². The Morgan fingerprint density at radius 1 is 1.36 bits per heavy atom. The molecule has 0 aromatic rings. The normalized spacial score (nSPS) is 13.9. The Morgan fingerprint density at radius 2 is 1.91 bits per heavy atom. The van der Waals surface area contributed by atoms with E-state index in [1.54, 1.807) is 0 Å². The predicted molar refractivity (Wildman–Crippen MR) is 52.5 cm³/mol. The molecule has 0 aliphatic carbocycles. The van der Waals surface area contributed by atoms with Crippen molar-refractivity contribution in [2.45, 2.75) is 27.7 Å². The van der Waals surface area contributed by atoms with Gasteiger partial charge in [0.2, 0.25) is 0 Å². The monoisotopic (exact) mass is 150 g/mol. The van der Waals surface area contributed by atoms with E-state index in [4.69, 9.17) is 0 Å². The fraction of sp³-hybridized carbons (Fsp3) is 0.455. The Morgan fingerprint density at radius 3 is 2.18 bits per heavy atom. The van der Waals surface area contributed by atoms with Crippen LogP contribution < -0.4 is 0 Å². The molecule has 0 amide bonds. The first-order valence-electron chi connectivity index (χ1n) is 4.09. The zero-order chi connectivity index (χ0) is 8.85. The van der Waals surface area contributed by atoms with Crippen LogP contribution in [0, 0.1) is 5.92 Å². The van der Waals surface area contributed by atoms with Crippen LogP contribution in [-0.4, -0.2) is 0 Å². The molecule has 0 saturated carbocycles. The second-order valence-electron chi connectivity index (χ2n) is 3.04. The van der Waals surface area contributed by atoms with Crippen LogP contribution in [0.1, 0.15) is 27.7 Å². The molecule has 0 fully saturated rings. The second kappa shape index (κ2) is 4.95. The summed E-state index contributed by atoms with van der Waals surface area (Å²) in [6.07, 6.45) is 6.24. The van der Waals surface area contributed by atoms with Crippen molar-refractivity contribution in [2.75, 3.05) is 0 Å². The van der Waals surface area contributed by atoms with Crippen LogP contribution >= 0.6 is 0 Å². The molecule has 0 nitrogen and oxygen atoms in total. The molecule has 0 aliphatic heterocycles. The van der Waals surface area contributed by atoms with E-state index < -0.39 is 0 Å². The Labute approximate surface area is 70.3 Å². The molecule has 0 heteroatoms. The summed E-state index contributed by atoms with van der Waals surface area (Å²) in [4.78, 5) is 0. The average Bonchev–Trinajstić information content (AvgIpc) is 1.98. The summed E-state index contributed by atoms with van der Waals surface area (Å²) in [5.41, 5.74) is 2.55. The van der Waals surface area contributed by atoms with E-state index in [1.165, 1.54) is 11.1 Å². The summed E-state index contributed by atoms with van der Waals surface area (Å²) in [7, 11) is 0. The number of hydrogen-bond donors (Lipinski definition) is 0. The van der Waals surface area contributed by atoms with E-state index in [2.05, 4.69) is 39.5 Å². The maximum Gasteiger partial charge on any atom is -0.0274 e. The molecule has 0 saturated heterocycles. The Balaban J connectivity index is 4.53. The fourth-order valence-corrected chi connectivity index (χ4v) is 0.886. The van der Waals surface area contributed by atoms with Gasteiger partial charge in [0, 0.05) is 0 Å². The van der Waals surface area contributed by atoms with Gasteiger partial charge in [-0.1, -0.05) is 38.7 Å². The highest BCUT2D eigenvalue weighted by atomic mass is 14.0. The first-order chi connectivity index (χ1) is 5.11. The summed E-state index contributed by atoms with van der Waals surface area (Å²) in [6.45, 7) is 12.3. The summed E-state index contributed by atoms with van der Waals surface area (Å²) >= 11 is 0. The van der Waals surface area contributed by atoms with Crippen molar-refractivity contribution in [3.63, 3.8) is 0 Å². The van der Waals surface area contributed by atoms with Crippen LogP contribution in [0.5, 0.6) is 0 Å². The van der Waals surface area contributed by atoms with E-state index in [0.717, 1.165) is 0 Å². The lowest BCUT2D eigenvalue weighted by Crippen LogP contribution is -1.85. The van der Waals surface area contributed by atoms with Crippen LogP contribution in [0.3, 0.4) is 0 Å². The van der Waals surface area contributed by atoms with E-state index >= 15 is 0 Å². The van der Waals surface area contributed by atoms with Crippen LogP contribution in [0.25, 0.3) is 0 Å². The molecule has 0 unspecified atom stereocenters. The molecule has 0 heterocycles. The fourth-order valence-electron chi connectivity index (χ4n) is 0.886. The van der Waals surface area contributed by atoms with Gasteiger partial charge in [-0.05, 0) is 30.9 Å².